The maximum atomic E-state index is 13.0. The molecule has 2 bridgehead atoms. The second-order valence-corrected chi connectivity index (χ2v) is 14.0. The molecule has 0 amide bonds. The van der Waals surface area contributed by atoms with Crippen LogP contribution in [0.5, 0.6) is 0 Å². The monoisotopic (exact) mass is 750 g/mol. The quantitative estimate of drug-likeness (QED) is 0.0575. The van der Waals surface area contributed by atoms with Crippen LogP contribution in [-0.2, 0) is 49.3 Å². The van der Waals surface area contributed by atoms with Gasteiger partial charge in [0, 0.05) is 19.3 Å². The summed E-state index contributed by atoms with van der Waals surface area (Å²) in [6, 6.07) is 9.29. The van der Waals surface area contributed by atoms with Crippen molar-refractivity contribution in [3.63, 3.8) is 0 Å². The summed E-state index contributed by atoms with van der Waals surface area (Å²) in [4.78, 5) is 62.9. The summed E-state index contributed by atoms with van der Waals surface area (Å²) in [6.07, 6.45) is -0.479. The van der Waals surface area contributed by atoms with Crippen molar-refractivity contribution in [3.05, 3.63) is 48.0 Å². The molecule has 0 aromatic heterocycles. The number of benzene rings is 1. The summed E-state index contributed by atoms with van der Waals surface area (Å²) in [5.41, 5.74) is -6.34. The first-order valence-corrected chi connectivity index (χ1v) is 18.3. The van der Waals surface area contributed by atoms with E-state index in [1.165, 1.54) is 32.6 Å². The molecule has 8 atom stereocenters. The predicted molar refractivity (Wildman–Crippen MR) is 187 cm³/mol. The molecule has 2 saturated heterocycles. The standard InChI is InChI=1S/C38H54O15/c1-5-6-7-8-9-10-11-12-13-17-22-49-35(47)51-30-29(40)36(52-31(32(41)42)37(48,33(43)44)38(30,53-36)34(45)46)21-20-24(2)28(50-26(4)39)25(3)23-27-18-15-14-16-19-27/h14-16,18-19,25,28-31,40,48H,2,5-13,17,20-23H2,1,3-4H3,(H,41,42)(H,43,44)(H,45,46)/t25?,28?,29-,30-,31-,36-,37-,38-/m1/s1. The van der Waals surface area contributed by atoms with E-state index in [2.05, 4.69) is 13.5 Å². The number of hydrogen-bond donors (Lipinski definition) is 5. The molecule has 53 heavy (non-hydrogen) atoms. The summed E-state index contributed by atoms with van der Waals surface area (Å²) in [5, 5.41) is 53.6. The topological polar surface area (TPSA) is 233 Å². The highest BCUT2D eigenvalue weighted by Gasteiger charge is 2.86. The smallest absolute Gasteiger partial charge is 0.479 e. The number of carboxylic acid groups (broad SMARTS) is 3. The van der Waals surface area contributed by atoms with Gasteiger partial charge in [-0.05, 0) is 30.4 Å². The van der Waals surface area contributed by atoms with E-state index < -0.39 is 77.9 Å². The van der Waals surface area contributed by atoms with Crippen LogP contribution in [0, 0.1) is 5.92 Å². The zero-order valence-corrected chi connectivity index (χ0v) is 30.7. The van der Waals surface area contributed by atoms with Gasteiger partial charge in [-0.2, -0.15) is 0 Å². The van der Waals surface area contributed by atoms with E-state index in [4.69, 9.17) is 23.7 Å². The van der Waals surface area contributed by atoms with Crippen LogP contribution in [0.3, 0.4) is 0 Å². The van der Waals surface area contributed by atoms with Gasteiger partial charge in [-0.25, -0.2) is 19.2 Å². The molecule has 296 valence electrons. The van der Waals surface area contributed by atoms with Gasteiger partial charge in [0.15, 0.2) is 6.10 Å². The SMILES string of the molecule is C=C(CC[C@@]12O[C@H](C(=O)O)[C@@](O)(C(=O)O)[C@@](C(=O)O)(O1)[C@H](OC(=O)OCCCCCCCCCCCC)[C@H]2O)C(OC(C)=O)C(C)Cc1ccccc1. The number of carboxylic acids is 3. The molecule has 3 rings (SSSR count). The fourth-order valence-electron chi connectivity index (χ4n) is 7.18. The van der Waals surface area contributed by atoms with Crippen LogP contribution >= 0.6 is 0 Å². The summed E-state index contributed by atoms with van der Waals surface area (Å²) in [7, 11) is 0. The summed E-state index contributed by atoms with van der Waals surface area (Å²) >= 11 is 0. The number of esters is 1. The Morgan fingerprint density at radius 1 is 0.906 bits per heavy atom. The lowest BCUT2D eigenvalue weighted by Crippen LogP contribution is -2.78. The number of carbonyl (C=O) groups excluding carboxylic acids is 2. The second-order valence-electron chi connectivity index (χ2n) is 14.0. The highest BCUT2D eigenvalue weighted by molar-refractivity contribution is 5.98. The number of unbranched alkanes of at least 4 members (excludes halogenated alkanes) is 9. The maximum absolute atomic E-state index is 13.0. The van der Waals surface area contributed by atoms with Crippen molar-refractivity contribution < 1.29 is 73.2 Å². The number of aliphatic hydroxyl groups excluding tert-OH is 1. The van der Waals surface area contributed by atoms with Gasteiger partial charge >= 0.3 is 30.0 Å². The first-order chi connectivity index (χ1) is 25.1. The van der Waals surface area contributed by atoms with Gasteiger partial charge in [-0.1, -0.05) is 109 Å². The molecule has 0 aliphatic carbocycles. The Morgan fingerprint density at radius 3 is 2.02 bits per heavy atom. The molecular weight excluding hydrogens is 696 g/mol. The molecule has 2 aliphatic heterocycles. The molecule has 2 fully saturated rings. The summed E-state index contributed by atoms with van der Waals surface area (Å²) in [5.74, 6) is -10.4. The van der Waals surface area contributed by atoms with Crippen LogP contribution < -0.4 is 0 Å². The minimum atomic E-state index is -3.92. The number of fused-ring (bicyclic) bond motifs is 2. The fraction of sp³-hybridized carbons (Fsp3) is 0.658. The van der Waals surface area contributed by atoms with E-state index in [0.717, 1.165) is 31.2 Å². The van der Waals surface area contributed by atoms with E-state index in [0.29, 0.717) is 19.3 Å². The van der Waals surface area contributed by atoms with Gasteiger partial charge in [-0.3, -0.25) is 4.79 Å². The van der Waals surface area contributed by atoms with Crippen LogP contribution in [0.25, 0.3) is 0 Å². The Kier molecular flexibility index (Phi) is 15.8. The van der Waals surface area contributed by atoms with Crippen molar-refractivity contribution in [3.8, 4) is 0 Å². The van der Waals surface area contributed by atoms with Gasteiger partial charge < -0.3 is 49.2 Å². The average molecular weight is 751 g/mol. The van der Waals surface area contributed by atoms with Crippen molar-refractivity contribution in [2.75, 3.05) is 6.61 Å². The zero-order valence-electron chi connectivity index (χ0n) is 30.7. The molecule has 2 heterocycles. The molecule has 0 saturated carbocycles. The molecule has 1 aromatic carbocycles. The van der Waals surface area contributed by atoms with E-state index in [-0.39, 0.29) is 24.5 Å². The molecule has 2 unspecified atom stereocenters. The van der Waals surface area contributed by atoms with Gasteiger partial charge in [0.1, 0.15) is 12.2 Å². The van der Waals surface area contributed by atoms with Gasteiger partial charge in [0.25, 0.3) is 5.60 Å². The first kappa shape index (κ1) is 43.4. The van der Waals surface area contributed by atoms with Crippen LogP contribution in [-0.4, -0.2) is 104 Å². The van der Waals surface area contributed by atoms with Gasteiger partial charge in [0.2, 0.25) is 17.5 Å². The average Bonchev–Trinajstić information content (AvgIpc) is 3.32. The van der Waals surface area contributed by atoms with Crippen molar-refractivity contribution in [2.45, 2.75) is 146 Å². The van der Waals surface area contributed by atoms with Crippen molar-refractivity contribution in [1.29, 1.82) is 0 Å². The number of hydrogen-bond acceptors (Lipinski definition) is 12. The lowest BCUT2D eigenvalue weighted by Gasteiger charge is -2.48. The van der Waals surface area contributed by atoms with Gasteiger partial charge in [0.05, 0.1) is 6.61 Å². The first-order valence-electron chi connectivity index (χ1n) is 18.3. The Balaban J connectivity index is 1.81. The van der Waals surface area contributed by atoms with Crippen molar-refractivity contribution in [1.82, 2.24) is 0 Å². The van der Waals surface area contributed by atoms with E-state index in [9.17, 15) is 49.5 Å². The Labute approximate surface area is 309 Å². The molecule has 0 spiro atoms. The van der Waals surface area contributed by atoms with Crippen LogP contribution in [0.2, 0.25) is 0 Å². The number of rotatable bonds is 23. The van der Waals surface area contributed by atoms with E-state index in [1.54, 1.807) is 6.92 Å². The Bertz CT molecular complexity index is 1430. The number of ether oxygens (including phenoxy) is 5. The zero-order chi connectivity index (χ0) is 39.4. The van der Waals surface area contributed by atoms with Crippen LogP contribution in [0.4, 0.5) is 4.79 Å². The minimum Gasteiger partial charge on any atom is -0.479 e. The van der Waals surface area contributed by atoms with E-state index in [1.807, 2.05) is 30.3 Å². The predicted octanol–water partition coefficient (Wildman–Crippen LogP) is 4.79. The second kappa shape index (κ2) is 19.3. The molecule has 5 N–H and O–H groups in total. The molecular formula is C38H54O15. The van der Waals surface area contributed by atoms with Crippen LogP contribution in [0.15, 0.2) is 42.5 Å². The van der Waals surface area contributed by atoms with E-state index >= 15 is 0 Å². The Hall–Kier alpha value is -4.05. The highest BCUT2D eigenvalue weighted by atomic mass is 16.8. The molecule has 15 heteroatoms. The maximum Gasteiger partial charge on any atom is 0.508 e. The Morgan fingerprint density at radius 2 is 1.49 bits per heavy atom. The fourth-order valence-corrected chi connectivity index (χ4v) is 7.18. The lowest BCUT2D eigenvalue weighted by atomic mass is 9.74. The highest BCUT2D eigenvalue weighted by Crippen LogP contribution is 2.56. The molecule has 0 radical (unpaired) electrons. The van der Waals surface area contributed by atoms with Crippen molar-refractivity contribution in [2.24, 2.45) is 5.92 Å². The van der Waals surface area contributed by atoms with Crippen molar-refractivity contribution >= 4 is 30.0 Å². The molecule has 2 aliphatic rings. The lowest BCUT2D eigenvalue weighted by molar-refractivity contribution is -0.374. The number of aliphatic carboxylic acids is 3. The third-order valence-corrected chi connectivity index (χ3v) is 9.95. The third-order valence-electron chi connectivity index (χ3n) is 9.95. The van der Waals surface area contributed by atoms with Gasteiger partial charge in [-0.15, -0.1) is 0 Å². The van der Waals surface area contributed by atoms with Crippen LogP contribution in [0.1, 0.15) is 103 Å². The third kappa shape index (κ3) is 9.93. The minimum absolute atomic E-state index is 0.153. The molecule has 1 aromatic rings. The molecule has 15 nitrogen and oxygen atoms in total. The normalized spacial score (nSPS) is 27.3. The largest absolute Gasteiger partial charge is 0.508 e. The summed E-state index contributed by atoms with van der Waals surface area (Å²) in [6.45, 7) is 9.03. The number of aliphatic hydroxyl groups is 2. The number of carbonyl (C=O) groups is 5. The summed E-state index contributed by atoms with van der Waals surface area (Å²) < 4.78 is 27.0.